The molecule has 1 amide bonds. The van der Waals surface area contributed by atoms with Gasteiger partial charge in [-0.1, -0.05) is 26.5 Å². The van der Waals surface area contributed by atoms with E-state index >= 15 is 0 Å². The van der Waals surface area contributed by atoms with Crippen molar-refractivity contribution in [3.05, 3.63) is 107 Å². The molecule has 5 rings (SSSR count). The van der Waals surface area contributed by atoms with Gasteiger partial charge < -0.3 is 41.2 Å². The number of rotatable bonds is 16. The lowest BCUT2D eigenvalue weighted by atomic mass is 9.78. The largest absolute Gasteiger partial charge is 0.513 e. The molecule has 0 bridgehead atoms. The Morgan fingerprint density at radius 1 is 0.981 bits per heavy atom. The first-order valence-corrected chi connectivity index (χ1v) is 19.5. The number of carbonyl (C=O) groups is 1. The van der Waals surface area contributed by atoms with Crippen LogP contribution < -0.4 is 25.8 Å². The van der Waals surface area contributed by atoms with Gasteiger partial charge in [0.15, 0.2) is 0 Å². The second kappa shape index (κ2) is 19.2. The molecule has 9 heteroatoms. The summed E-state index contributed by atoms with van der Waals surface area (Å²) in [5.74, 6) is 1.74. The molecule has 2 aromatic rings. The van der Waals surface area contributed by atoms with Gasteiger partial charge in [0.25, 0.3) is 0 Å². The molecule has 1 atom stereocenters. The number of anilines is 4. The van der Waals surface area contributed by atoms with Gasteiger partial charge >= 0.3 is 0 Å². The van der Waals surface area contributed by atoms with Crippen molar-refractivity contribution < 1.29 is 9.90 Å². The number of aryl methyl sites for hydroxylation is 1. The minimum Gasteiger partial charge on any atom is -0.513 e. The maximum atomic E-state index is 10.9. The van der Waals surface area contributed by atoms with E-state index in [0.29, 0.717) is 6.54 Å². The number of aliphatic hydroxyl groups is 1. The lowest BCUT2D eigenvalue weighted by Gasteiger charge is -2.41. The van der Waals surface area contributed by atoms with Crippen molar-refractivity contribution in [3.63, 3.8) is 0 Å². The summed E-state index contributed by atoms with van der Waals surface area (Å²) in [7, 11) is 0. The molecule has 3 aliphatic heterocycles. The predicted molar refractivity (Wildman–Crippen MR) is 223 cm³/mol. The second-order valence-corrected chi connectivity index (χ2v) is 14.8. The number of carbonyl (C=O) groups excluding carboxylic acids is 1. The third-order valence-corrected chi connectivity index (χ3v) is 11.6. The maximum Gasteiger partial charge on any atom is 0.211 e. The molecular formula is C44H61N7O2. The molecule has 5 N–H and O–H groups in total. The lowest BCUT2D eigenvalue weighted by Crippen LogP contribution is -2.41. The van der Waals surface area contributed by atoms with Crippen LogP contribution in [0.1, 0.15) is 64.9 Å². The molecule has 2 fully saturated rings. The van der Waals surface area contributed by atoms with Gasteiger partial charge in [-0.15, -0.1) is 0 Å². The molecule has 3 aliphatic rings. The standard InChI is InChI=1S/C44H61N7O2/c1-6-20-47-43(30-52)34(5)44(7-2)51-26-19-37(28-45)41(29-51)32(3)14-21-46-38-8-10-39(11-9-38)49-22-15-35(16-23-49)36-17-24-50(25-18-36)40-12-13-42(48-31-53)33(4)27-40/h7-14,21,27-28,30-32,35-36,45-47,52H,2,6,15-20,22-26,29H2,1,3-5H3,(H,48,53)/b21-14+,43-30-,44-34+,45-28?. The Morgan fingerprint density at radius 2 is 1.62 bits per heavy atom. The average Bonchev–Trinajstić information content (AvgIpc) is 3.19. The van der Waals surface area contributed by atoms with Gasteiger partial charge in [-0.25, -0.2) is 0 Å². The lowest BCUT2D eigenvalue weighted by molar-refractivity contribution is -0.105. The van der Waals surface area contributed by atoms with Crippen LogP contribution in [-0.4, -0.2) is 68.4 Å². The minimum absolute atomic E-state index is 0.148. The highest BCUT2D eigenvalue weighted by atomic mass is 16.2. The number of nitrogens with zero attached hydrogens (tertiary/aromatic N) is 3. The fourth-order valence-electron chi connectivity index (χ4n) is 8.30. The molecule has 1 unspecified atom stereocenters. The first kappa shape index (κ1) is 39.3. The molecule has 53 heavy (non-hydrogen) atoms. The third-order valence-electron chi connectivity index (χ3n) is 11.6. The van der Waals surface area contributed by atoms with Crippen molar-refractivity contribution in [2.45, 2.75) is 66.2 Å². The Labute approximate surface area is 317 Å². The highest BCUT2D eigenvalue weighted by Gasteiger charge is 2.30. The fraction of sp³-hybridized carbons (Fsp3) is 0.455. The zero-order valence-corrected chi connectivity index (χ0v) is 32.3. The van der Waals surface area contributed by atoms with Crippen molar-refractivity contribution in [1.82, 2.24) is 10.2 Å². The van der Waals surface area contributed by atoms with E-state index in [9.17, 15) is 9.90 Å². The van der Waals surface area contributed by atoms with E-state index in [0.717, 1.165) is 116 Å². The predicted octanol–water partition coefficient (Wildman–Crippen LogP) is 8.77. The SMILES string of the molecule is C=C/C(=C(C)\C(=C\O)NCCC)N1CCC(C=N)=C(C(C)/C=C/Nc2ccc(N3CCC(C4CCN(c5ccc(NC=O)c(C)c5)CC4)CC3)cc2)C1. The smallest absolute Gasteiger partial charge is 0.211 e. The number of piperidine rings is 2. The van der Waals surface area contributed by atoms with Crippen molar-refractivity contribution in [3.8, 4) is 0 Å². The van der Waals surface area contributed by atoms with E-state index in [1.807, 2.05) is 25.3 Å². The molecule has 3 heterocycles. The van der Waals surface area contributed by atoms with Crippen LogP contribution in [0.5, 0.6) is 0 Å². The Bertz CT molecular complexity index is 1680. The molecule has 2 aromatic carbocycles. The minimum atomic E-state index is 0.148. The van der Waals surface area contributed by atoms with Crippen LogP contribution in [0.2, 0.25) is 0 Å². The first-order valence-electron chi connectivity index (χ1n) is 19.5. The number of allylic oxidation sites excluding steroid dienone is 3. The van der Waals surface area contributed by atoms with Crippen LogP contribution in [0.25, 0.3) is 0 Å². The highest BCUT2D eigenvalue weighted by Crippen LogP contribution is 2.36. The van der Waals surface area contributed by atoms with Crippen molar-refractivity contribution in [2.24, 2.45) is 17.8 Å². The number of nitrogens with one attached hydrogen (secondary N) is 4. The molecule has 284 valence electrons. The number of hydrogen-bond donors (Lipinski definition) is 5. The quantitative estimate of drug-likeness (QED) is 0.0511. The van der Waals surface area contributed by atoms with Gasteiger partial charge in [0.05, 0.1) is 5.70 Å². The monoisotopic (exact) mass is 719 g/mol. The van der Waals surface area contributed by atoms with Crippen LogP contribution in [0, 0.1) is 30.1 Å². The third kappa shape index (κ3) is 9.95. The molecule has 0 saturated carbocycles. The molecule has 2 saturated heterocycles. The highest BCUT2D eigenvalue weighted by molar-refractivity contribution is 5.78. The second-order valence-electron chi connectivity index (χ2n) is 14.8. The van der Waals surface area contributed by atoms with E-state index in [2.05, 4.69) is 100 Å². The average molecular weight is 720 g/mol. The zero-order valence-electron chi connectivity index (χ0n) is 32.3. The van der Waals surface area contributed by atoms with Crippen LogP contribution in [-0.2, 0) is 4.79 Å². The summed E-state index contributed by atoms with van der Waals surface area (Å²) in [6.45, 7) is 19.2. The summed E-state index contributed by atoms with van der Waals surface area (Å²) < 4.78 is 0. The summed E-state index contributed by atoms with van der Waals surface area (Å²) >= 11 is 0. The molecule has 0 aliphatic carbocycles. The van der Waals surface area contributed by atoms with Crippen molar-refractivity contribution in [1.29, 1.82) is 5.41 Å². The molecule has 9 nitrogen and oxygen atoms in total. The topological polar surface area (TPSA) is 107 Å². The van der Waals surface area contributed by atoms with Crippen LogP contribution in [0.15, 0.2) is 102 Å². The Hall–Kier alpha value is -4.92. The number of hydrogen-bond acceptors (Lipinski definition) is 8. The normalized spacial score (nSPS) is 18.9. The summed E-state index contributed by atoms with van der Waals surface area (Å²) in [6.07, 6.45) is 16.2. The van der Waals surface area contributed by atoms with Crippen LogP contribution >= 0.6 is 0 Å². The van der Waals surface area contributed by atoms with E-state index in [1.54, 1.807) is 0 Å². The maximum absolute atomic E-state index is 10.9. The van der Waals surface area contributed by atoms with Crippen LogP contribution in [0.3, 0.4) is 0 Å². The van der Waals surface area contributed by atoms with Gasteiger partial charge in [-0.3, -0.25) is 4.79 Å². The molecule has 0 aromatic heterocycles. The molecule has 0 spiro atoms. The summed E-state index contributed by atoms with van der Waals surface area (Å²) in [4.78, 5) is 18.2. The van der Waals surface area contributed by atoms with E-state index < -0.39 is 0 Å². The van der Waals surface area contributed by atoms with Crippen LogP contribution in [0.4, 0.5) is 22.7 Å². The van der Waals surface area contributed by atoms with Gasteiger partial charge in [-0.05, 0) is 147 Å². The molecule has 0 radical (unpaired) electrons. The van der Waals surface area contributed by atoms with E-state index in [1.165, 1.54) is 48.8 Å². The number of benzene rings is 2. The van der Waals surface area contributed by atoms with Gasteiger partial charge in [0.1, 0.15) is 6.26 Å². The van der Waals surface area contributed by atoms with Gasteiger partial charge in [-0.2, -0.15) is 0 Å². The van der Waals surface area contributed by atoms with Crippen molar-refractivity contribution in [2.75, 3.05) is 66.2 Å². The van der Waals surface area contributed by atoms with Gasteiger partial charge in [0, 0.05) is 80.5 Å². The zero-order chi connectivity index (χ0) is 37.7. The molecular weight excluding hydrogens is 659 g/mol. The number of aliphatic hydroxyl groups excluding tert-OH is 1. The van der Waals surface area contributed by atoms with Gasteiger partial charge in [0.2, 0.25) is 6.41 Å². The summed E-state index contributed by atoms with van der Waals surface area (Å²) in [5.41, 5.74) is 10.6. The summed E-state index contributed by atoms with van der Waals surface area (Å²) in [6, 6.07) is 15.2. The Balaban J connectivity index is 1.10. The number of amides is 1. The fourth-order valence-corrected chi connectivity index (χ4v) is 8.30. The Kier molecular flexibility index (Phi) is 14.3. The van der Waals surface area contributed by atoms with Crippen molar-refractivity contribution >= 4 is 35.4 Å². The first-order chi connectivity index (χ1) is 25.8. The van der Waals surface area contributed by atoms with E-state index in [4.69, 9.17) is 5.41 Å². The summed E-state index contributed by atoms with van der Waals surface area (Å²) in [5, 5.41) is 27.6. The van der Waals surface area contributed by atoms with E-state index in [-0.39, 0.29) is 5.92 Å². The Morgan fingerprint density at radius 3 is 2.19 bits per heavy atom.